The molecule has 0 bridgehead atoms. The molecule has 2 aliphatic heterocycles. The summed E-state index contributed by atoms with van der Waals surface area (Å²) in [5, 5.41) is 1.03. The van der Waals surface area contributed by atoms with E-state index in [4.69, 9.17) is 9.47 Å². The van der Waals surface area contributed by atoms with E-state index in [2.05, 4.69) is 6.07 Å². The lowest BCUT2D eigenvalue weighted by molar-refractivity contribution is -0.142. The highest BCUT2D eigenvalue weighted by atomic mass is 16.5. The molecule has 5 heteroatoms. The lowest BCUT2D eigenvalue weighted by Crippen LogP contribution is -2.58. The number of amides is 1. The number of hydrogen-bond donors (Lipinski definition) is 0. The van der Waals surface area contributed by atoms with Gasteiger partial charge in [-0.2, -0.15) is 0 Å². The van der Waals surface area contributed by atoms with Crippen molar-refractivity contribution >= 4 is 16.8 Å². The van der Waals surface area contributed by atoms with Crippen molar-refractivity contribution in [1.29, 1.82) is 0 Å². The van der Waals surface area contributed by atoms with Gasteiger partial charge >= 0.3 is 0 Å². The minimum absolute atomic E-state index is 0.0640. The second-order valence-electron chi connectivity index (χ2n) is 7.44. The summed E-state index contributed by atoms with van der Waals surface area (Å²) in [5.74, 6) is 0.122. The number of nitrogens with zero attached hydrogens (tertiary/aromatic N) is 2. The van der Waals surface area contributed by atoms with Crippen molar-refractivity contribution in [3.05, 3.63) is 36.0 Å². The Morgan fingerprint density at radius 3 is 3.08 bits per heavy atom. The summed E-state index contributed by atoms with van der Waals surface area (Å²) < 4.78 is 13.6. The Morgan fingerprint density at radius 1 is 1.40 bits per heavy atom. The monoisotopic (exact) mass is 342 g/mol. The van der Waals surface area contributed by atoms with Crippen molar-refractivity contribution in [2.75, 3.05) is 33.4 Å². The summed E-state index contributed by atoms with van der Waals surface area (Å²) in [4.78, 5) is 15.3. The summed E-state index contributed by atoms with van der Waals surface area (Å²) in [6, 6.07) is 8.09. The maximum atomic E-state index is 13.3. The van der Waals surface area contributed by atoms with E-state index in [1.807, 2.05) is 40.9 Å². The van der Waals surface area contributed by atoms with Gasteiger partial charge in [-0.05, 0) is 25.3 Å². The summed E-state index contributed by atoms with van der Waals surface area (Å²) in [6.45, 7) is 2.94. The third kappa shape index (κ3) is 2.75. The molecule has 25 heavy (non-hydrogen) atoms. The number of ether oxygens (including phenoxy) is 2. The fraction of sp³-hybridized carbons (Fsp3) is 0.550. The van der Waals surface area contributed by atoms with E-state index in [1.165, 1.54) is 0 Å². The molecule has 5 nitrogen and oxygen atoms in total. The minimum Gasteiger partial charge on any atom is -0.384 e. The smallest absolute Gasteiger partial charge is 0.256 e. The van der Waals surface area contributed by atoms with Crippen molar-refractivity contribution in [2.45, 2.75) is 25.4 Å². The first-order valence-electron chi connectivity index (χ1n) is 9.08. The molecule has 0 spiro atoms. The van der Waals surface area contributed by atoms with Gasteiger partial charge in [0.05, 0.1) is 18.3 Å². The molecular weight excluding hydrogens is 316 g/mol. The first kappa shape index (κ1) is 16.6. The minimum atomic E-state index is -0.0640. The average Bonchev–Trinajstić information content (AvgIpc) is 2.98. The van der Waals surface area contributed by atoms with Crippen LogP contribution in [0.5, 0.6) is 0 Å². The molecular formula is C20H26N2O3. The SMILES string of the molecule is COC[C@]12CCCO[C@H]1CCN(C(=O)c1cn(C)c3ccccc13)C2. The number of hydrogen-bond acceptors (Lipinski definition) is 3. The van der Waals surface area contributed by atoms with E-state index in [0.29, 0.717) is 13.2 Å². The van der Waals surface area contributed by atoms with Gasteiger partial charge in [0, 0.05) is 56.4 Å². The molecule has 3 heterocycles. The number of para-hydroxylation sites is 1. The zero-order chi connectivity index (χ0) is 17.4. The zero-order valence-electron chi connectivity index (χ0n) is 15.0. The Kier molecular flexibility index (Phi) is 4.29. The highest BCUT2D eigenvalue weighted by Gasteiger charge is 2.47. The Balaban J connectivity index is 1.64. The number of carbonyl (C=O) groups excluding carboxylic acids is 1. The van der Waals surface area contributed by atoms with Crippen LogP contribution in [0.4, 0.5) is 0 Å². The number of benzene rings is 1. The number of rotatable bonds is 3. The van der Waals surface area contributed by atoms with E-state index < -0.39 is 0 Å². The molecule has 134 valence electrons. The molecule has 4 rings (SSSR count). The Morgan fingerprint density at radius 2 is 2.24 bits per heavy atom. The molecule has 2 aromatic rings. The lowest BCUT2D eigenvalue weighted by Gasteiger charge is -2.50. The van der Waals surface area contributed by atoms with Crippen molar-refractivity contribution in [2.24, 2.45) is 12.5 Å². The van der Waals surface area contributed by atoms with Gasteiger partial charge in [-0.25, -0.2) is 0 Å². The van der Waals surface area contributed by atoms with Gasteiger partial charge in [-0.15, -0.1) is 0 Å². The molecule has 0 N–H and O–H groups in total. The lowest BCUT2D eigenvalue weighted by atomic mass is 9.73. The molecule has 0 saturated carbocycles. The quantitative estimate of drug-likeness (QED) is 0.861. The number of aryl methyl sites for hydroxylation is 1. The van der Waals surface area contributed by atoms with Crippen LogP contribution in [0.1, 0.15) is 29.6 Å². The van der Waals surface area contributed by atoms with Gasteiger partial charge in [0.1, 0.15) is 0 Å². The van der Waals surface area contributed by atoms with E-state index in [1.54, 1.807) is 7.11 Å². The van der Waals surface area contributed by atoms with Crippen LogP contribution < -0.4 is 0 Å². The Labute approximate surface area is 148 Å². The summed E-state index contributed by atoms with van der Waals surface area (Å²) in [6.07, 6.45) is 5.15. The van der Waals surface area contributed by atoms with Crippen molar-refractivity contribution in [1.82, 2.24) is 9.47 Å². The fourth-order valence-corrected chi connectivity index (χ4v) is 4.64. The Bertz CT molecular complexity index is 780. The van der Waals surface area contributed by atoms with Crippen LogP contribution in [-0.2, 0) is 16.5 Å². The van der Waals surface area contributed by atoms with Crippen LogP contribution in [0, 0.1) is 5.41 Å². The molecule has 2 aliphatic rings. The van der Waals surface area contributed by atoms with E-state index in [0.717, 1.165) is 48.9 Å². The predicted octanol–water partition coefficient (Wildman–Crippen LogP) is 2.84. The van der Waals surface area contributed by atoms with Crippen LogP contribution in [-0.4, -0.2) is 54.9 Å². The standard InChI is InChI=1S/C20H26N2O3/c1-21-12-16(15-6-3-4-7-17(15)21)19(23)22-10-8-18-20(13-22,14-24-2)9-5-11-25-18/h3-4,6-7,12,18H,5,8-11,13-14H2,1-2H3/t18-,20+/m0/s1. The predicted molar refractivity (Wildman–Crippen MR) is 96.7 cm³/mol. The summed E-state index contributed by atoms with van der Waals surface area (Å²) in [7, 11) is 3.73. The van der Waals surface area contributed by atoms with E-state index in [-0.39, 0.29) is 17.4 Å². The van der Waals surface area contributed by atoms with Crippen molar-refractivity contribution < 1.29 is 14.3 Å². The second kappa shape index (κ2) is 6.46. The highest BCUT2D eigenvalue weighted by molar-refractivity contribution is 6.07. The zero-order valence-corrected chi connectivity index (χ0v) is 15.0. The third-order valence-corrected chi connectivity index (χ3v) is 5.83. The molecule has 2 fully saturated rings. The van der Waals surface area contributed by atoms with Crippen molar-refractivity contribution in [3.8, 4) is 0 Å². The van der Waals surface area contributed by atoms with E-state index >= 15 is 0 Å². The van der Waals surface area contributed by atoms with Crippen LogP contribution in [0.3, 0.4) is 0 Å². The number of piperidine rings is 1. The van der Waals surface area contributed by atoms with Gasteiger partial charge < -0.3 is 18.9 Å². The second-order valence-corrected chi connectivity index (χ2v) is 7.44. The van der Waals surface area contributed by atoms with Gasteiger partial charge in [-0.1, -0.05) is 18.2 Å². The van der Waals surface area contributed by atoms with Gasteiger partial charge in [0.15, 0.2) is 0 Å². The average molecular weight is 342 g/mol. The fourth-order valence-electron chi connectivity index (χ4n) is 4.64. The maximum absolute atomic E-state index is 13.3. The van der Waals surface area contributed by atoms with Crippen LogP contribution >= 0.6 is 0 Å². The highest BCUT2D eigenvalue weighted by Crippen LogP contribution is 2.41. The largest absolute Gasteiger partial charge is 0.384 e. The van der Waals surface area contributed by atoms with Crippen molar-refractivity contribution in [3.63, 3.8) is 0 Å². The molecule has 2 atom stereocenters. The molecule has 1 aromatic heterocycles. The van der Waals surface area contributed by atoms with Crippen LogP contribution in [0.25, 0.3) is 10.9 Å². The first-order chi connectivity index (χ1) is 12.1. The molecule has 1 aromatic carbocycles. The third-order valence-electron chi connectivity index (χ3n) is 5.83. The van der Waals surface area contributed by atoms with E-state index in [9.17, 15) is 4.79 Å². The number of carbonyl (C=O) groups is 1. The topological polar surface area (TPSA) is 43.7 Å². The number of aromatic nitrogens is 1. The first-order valence-corrected chi connectivity index (χ1v) is 9.08. The van der Waals surface area contributed by atoms with Crippen LogP contribution in [0.15, 0.2) is 30.5 Å². The summed E-state index contributed by atoms with van der Waals surface area (Å²) >= 11 is 0. The molecule has 0 unspecified atom stereocenters. The summed E-state index contributed by atoms with van der Waals surface area (Å²) in [5.41, 5.74) is 1.82. The molecule has 2 saturated heterocycles. The number of likely N-dealkylation sites (tertiary alicyclic amines) is 1. The maximum Gasteiger partial charge on any atom is 0.256 e. The molecule has 0 radical (unpaired) electrons. The molecule has 0 aliphatic carbocycles. The number of fused-ring (bicyclic) bond motifs is 2. The van der Waals surface area contributed by atoms with Gasteiger partial charge in [-0.3, -0.25) is 4.79 Å². The number of methoxy groups -OCH3 is 1. The van der Waals surface area contributed by atoms with Gasteiger partial charge in [0.2, 0.25) is 0 Å². The normalized spacial score (nSPS) is 26.6. The van der Waals surface area contributed by atoms with Crippen LogP contribution in [0.2, 0.25) is 0 Å². The Hall–Kier alpha value is -1.85. The molecule has 1 amide bonds. The van der Waals surface area contributed by atoms with Gasteiger partial charge in [0.25, 0.3) is 5.91 Å².